The van der Waals surface area contributed by atoms with Crippen LogP contribution < -0.4 is 5.73 Å². The number of nitrogen functional groups attached to an aromatic ring is 1. The Morgan fingerprint density at radius 3 is 2.68 bits per heavy atom. The van der Waals surface area contributed by atoms with Crippen molar-refractivity contribution >= 4 is 28.6 Å². The van der Waals surface area contributed by atoms with E-state index in [9.17, 15) is 0 Å². The van der Waals surface area contributed by atoms with Crippen molar-refractivity contribution in [3.8, 4) is 0 Å². The Hall–Kier alpha value is -1.03. The van der Waals surface area contributed by atoms with Gasteiger partial charge in [-0.2, -0.15) is 0 Å². The number of hydrogen-bond acceptors (Lipinski definition) is 3. The van der Waals surface area contributed by atoms with Crippen molar-refractivity contribution in [2.24, 2.45) is 0 Å². The van der Waals surface area contributed by atoms with Crippen molar-refractivity contribution in [2.45, 2.75) is 33.0 Å². The number of hydrogen-bond donors (Lipinski definition) is 1. The number of nitrogens with two attached hydrogens (primary N) is 1. The molecule has 19 heavy (non-hydrogen) atoms. The van der Waals surface area contributed by atoms with Crippen LogP contribution in [0.5, 0.6) is 0 Å². The van der Waals surface area contributed by atoms with E-state index in [0.29, 0.717) is 6.04 Å². The summed E-state index contributed by atoms with van der Waals surface area (Å²) in [4.78, 5) is 3.76. The lowest BCUT2D eigenvalue weighted by Crippen LogP contribution is -2.29. The summed E-state index contributed by atoms with van der Waals surface area (Å²) in [5, 5.41) is 2.90. The fraction of sp³-hybridized carbons (Fsp3) is 0.333. The minimum absolute atomic E-state index is 0.458. The molecule has 2 N–H and O–H groups in total. The van der Waals surface area contributed by atoms with Gasteiger partial charge in [0.25, 0.3) is 0 Å². The van der Waals surface area contributed by atoms with E-state index in [0.717, 1.165) is 29.4 Å². The minimum atomic E-state index is 0.458. The summed E-state index contributed by atoms with van der Waals surface area (Å²) in [5.74, 6) is 0. The molecule has 1 heterocycles. The van der Waals surface area contributed by atoms with Crippen LogP contribution in [0.1, 0.15) is 24.3 Å². The van der Waals surface area contributed by atoms with Gasteiger partial charge in [0.2, 0.25) is 0 Å². The van der Waals surface area contributed by atoms with Crippen LogP contribution in [0.4, 0.5) is 5.69 Å². The van der Waals surface area contributed by atoms with Gasteiger partial charge in [0.1, 0.15) is 0 Å². The molecule has 2 rings (SSSR count). The Labute approximate surface area is 123 Å². The van der Waals surface area contributed by atoms with Gasteiger partial charge in [0.05, 0.1) is 0 Å². The molecule has 0 bridgehead atoms. The zero-order valence-corrected chi connectivity index (χ0v) is 12.8. The Morgan fingerprint density at radius 1 is 1.26 bits per heavy atom. The second-order valence-corrected chi connectivity index (χ2v) is 6.37. The lowest BCUT2D eigenvalue weighted by atomic mass is 10.1. The van der Waals surface area contributed by atoms with Crippen LogP contribution in [-0.2, 0) is 13.1 Å². The highest BCUT2D eigenvalue weighted by Crippen LogP contribution is 2.23. The SMILES string of the molecule is CC(C)N(Cc1cccs1)Cc1cc(N)ccc1Cl. The zero-order chi connectivity index (χ0) is 13.8. The maximum Gasteiger partial charge on any atom is 0.0452 e. The highest BCUT2D eigenvalue weighted by molar-refractivity contribution is 7.09. The molecule has 0 atom stereocenters. The average molecular weight is 295 g/mol. The first-order valence-corrected chi connectivity index (χ1v) is 7.62. The molecule has 2 aromatic rings. The van der Waals surface area contributed by atoms with Crippen molar-refractivity contribution in [3.63, 3.8) is 0 Å². The van der Waals surface area contributed by atoms with Crippen molar-refractivity contribution in [2.75, 3.05) is 5.73 Å². The second-order valence-electron chi connectivity index (χ2n) is 4.93. The molecule has 0 saturated heterocycles. The fourth-order valence-corrected chi connectivity index (χ4v) is 2.87. The van der Waals surface area contributed by atoms with Crippen LogP contribution in [0.3, 0.4) is 0 Å². The van der Waals surface area contributed by atoms with Crippen LogP contribution in [0.25, 0.3) is 0 Å². The Bertz CT molecular complexity index is 523. The molecule has 1 aromatic heterocycles. The van der Waals surface area contributed by atoms with E-state index >= 15 is 0 Å². The van der Waals surface area contributed by atoms with E-state index < -0.39 is 0 Å². The number of thiophene rings is 1. The summed E-state index contributed by atoms with van der Waals surface area (Å²) >= 11 is 8.03. The van der Waals surface area contributed by atoms with Crippen molar-refractivity contribution in [1.82, 2.24) is 4.90 Å². The van der Waals surface area contributed by atoms with Gasteiger partial charge in [-0.3, -0.25) is 4.90 Å². The summed E-state index contributed by atoms with van der Waals surface area (Å²) in [6.07, 6.45) is 0. The standard InChI is InChI=1S/C15H19ClN2S/c1-11(2)18(10-14-4-3-7-19-14)9-12-8-13(17)5-6-15(12)16/h3-8,11H,9-10,17H2,1-2H3. The molecule has 102 valence electrons. The van der Waals surface area contributed by atoms with Crippen LogP contribution in [0.15, 0.2) is 35.7 Å². The predicted molar refractivity (Wildman–Crippen MR) is 84.6 cm³/mol. The van der Waals surface area contributed by atoms with E-state index in [1.165, 1.54) is 4.88 Å². The molecular weight excluding hydrogens is 276 g/mol. The number of anilines is 1. The van der Waals surface area contributed by atoms with E-state index in [1.54, 1.807) is 11.3 Å². The molecule has 0 saturated carbocycles. The number of halogens is 1. The smallest absolute Gasteiger partial charge is 0.0452 e. The third kappa shape index (κ3) is 3.96. The molecule has 0 amide bonds. The van der Waals surface area contributed by atoms with Gasteiger partial charge in [-0.15, -0.1) is 11.3 Å². The quantitative estimate of drug-likeness (QED) is 0.829. The van der Waals surface area contributed by atoms with Gasteiger partial charge in [0.15, 0.2) is 0 Å². The first-order valence-electron chi connectivity index (χ1n) is 6.36. The summed E-state index contributed by atoms with van der Waals surface area (Å²) in [6.45, 7) is 6.17. The topological polar surface area (TPSA) is 29.3 Å². The molecule has 0 aliphatic rings. The molecule has 4 heteroatoms. The highest BCUT2D eigenvalue weighted by Gasteiger charge is 2.13. The third-order valence-electron chi connectivity index (χ3n) is 3.11. The van der Waals surface area contributed by atoms with Gasteiger partial charge < -0.3 is 5.73 Å². The van der Waals surface area contributed by atoms with Crippen LogP contribution >= 0.6 is 22.9 Å². The van der Waals surface area contributed by atoms with Crippen LogP contribution in [-0.4, -0.2) is 10.9 Å². The number of rotatable bonds is 5. The molecule has 2 nitrogen and oxygen atoms in total. The van der Waals surface area contributed by atoms with Crippen molar-refractivity contribution in [1.29, 1.82) is 0 Å². The maximum atomic E-state index is 6.25. The van der Waals surface area contributed by atoms with Gasteiger partial charge in [0, 0.05) is 34.7 Å². The van der Waals surface area contributed by atoms with Crippen LogP contribution in [0, 0.1) is 0 Å². The molecule has 1 aromatic carbocycles. The van der Waals surface area contributed by atoms with Gasteiger partial charge >= 0.3 is 0 Å². The first-order chi connectivity index (χ1) is 9.06. The summed E-state index contributed by atoms with van der Waals surface area (Å²) in [5.41, 5.74) is 7.69. The maximum absolute atomic E-state index is 6.25. The Balaban J connectivity index is 2.14. The van der Waals surface area contributed by atoms with Gasteiger partial charge in [-0.05, 0) is 49.1 Å². The second kappa shape index (κ2) is 6.42. The molecule has 0 radical (unpaired) electrons. The number of nitrogens with zero attached hydrogens (tertiary/aromatic N) is 1. The molecular formula is C15H19ClN2S. The lowest BCUT2D eigenvalue weighted by molar-refractivity contribution is 0.205. The predicted octanol–water partition coefficient (Wildman–Crippen LogP) is 4.39. The van der Waals surface area contributed by atoms with Gasteiger partial charge in [-0.25, -0.2) is 0 Å². The van der Waals surface area contributed by atoms with E-state index in [-0.39, 0.29) is 0 Å². The Morgan fingerprint density at radius 2 is 2.05 bits per heavy atom. The monoisotopic (exact) mass is 294 g/mol. The largest absolute Gasteiger partial charge is 0.399 e. The summed E-state index contributed by atoms with van der Waals surface area (Å²) < 4.78 is 0. The zero-order valence-electron chi connectivity index (χ0n) is 11.3. The van der Waals surface area contributed by atoms with Gasteiger partial charge in [-0.1, -0.05) is 17.7 Å². The third-order valence-corrected chi connectivity index (χ3v) is 4.34. The molecule has 0 unspecified atom stereocenters. The summed E-state index contributed by atoms with van der Waals surface area (Å²) in [6, 6.07) is 10.4. The van der Waals surface area contributed by atoms with E-state index in [4.69, 9.17) is 17.3 Å². The summed E-state index contributed by atoms with van der Waals surface area (Å²) in [7, 11) is 0. The molecule has 0 aliphatic carbocycles. The number of benzene rings is 1. The normalized spacial score (nSPS) is 11.4. The van der Waals surface area contributed by atoms with E-state index in [1.807, 2.05) is 18.2 Å². The fourth-order valence-electron chi connectivity index (χ4n) is 1.96. The lowest BCUT2D eigenvalue weighted by Gasteiger charge is -2.26. The minimum Gasteiger partial charge on any atom is -0.399 e. The Kier molecular flexibility index (Phi) is 4.86. The van der Waals surface area contributed by atoms with E-state index in [2.05, 4.69) is 36.3 Å². The van der Waals surface area contributed by atoms with Crippen molar-refractivity contribution < 1.29 is 0 Å². The highest BCUT2D eigenvalue weighted by atomic mass is 35.5. The average Bonchev–Trinajstić information content (AvgIpc) is 2.85. The first kappa shape index (κ1) is 14.4. The molecule has 0 fully saturated rings. The molecule has 0 aliphatic heterocycles. The van der Waals surface area contributed by atoms with Crippen molar-refractivity contribution in [3.05, 3.63) is 51.2 Å². The molecule has 0 spiro atoms. The van der Waals surface area contributed by atoms with Crippen LogP contribution in [0.2, 0.25) is 5.02 Å².